The standard InChI is InChI=1S/C17H17F2N3O3S/c1-23-14-8-5-12(9-15(14)24-2)21-17(26)22-20-10-11-3-6-13(7-4-11)25-16(18)19/h3-10,16H,1-2H3,(H2,21,22,26). The summed E-state index contributed by atoms with van der Waals surface area (Å²) in [6.07, 6.45) is 1.49. The molecule has 0 amide bonds. The first-order valence-electron chi connectivity index (χ1n) is 7.39. The number of methoxy groups -OCH3 is 2. The highest BCUT2D eigenvalue weighted by molar-refractivity contribution is 7.80. The molecule has 0 aliphatic rings. The molecule has 9 heteroatoms. The van der Waals surface area contributed by atoms with Crippen LogP contribution in [0.3, 0.4) is 0 Å². The number of hydrogen-bond donors (Lipinski definition) is 2. The van der Waals surface area contributed by atoms with Crippen molar-refractivity contribution in [2.45, 2.75) is 6.61 Å². The lowest BCUT2D eigenvalue weighted by atomic mass is 10.2. The molecular weight excluding hydrogens is 364 g/mol. The fourth-order valence-electron chi connectivity index (χ4n) is 1.97. The van der Waals surface area contributed by atoms with E-state index in [2.05, 4.69) is 20.6 Å². The number of halogens is 2. The quantitative estimate of drug-likeness (QED) is 0.434. The van der Waals surface area contributed by atoms with Crippen molar-refractivity contribution >= 4 is 29.2 Å². The zero-order valence-electron chi connectivity index (χ0n) is 14.0. The van der Waals surface area contributed by atoms with Crippen LogP contribution in [0.4, 0.5) is 14.5 Å². The number of hydrazone groups is 1. The molecule has 0 fully saturated rings. The minimum absolute atomic E-state index is 0.0794. The molecule has 2 rings (SSSR count). The lowest BCUT2D eigenvalue weighted by Gasteiger charge is -2.11. The first kappa shape index (κ1) is 19.4. The Morgan fingerprint density at radius 1 is 1.08 bits per heavy atom. The highest BCUT2D eigenvalue weighted by Crippen LogP contribution is 2.29. The maximum Gasteiger partial charge on any atom is 0.387 e. The van der Waals surface area contributed by atoms with Crippen LogP contribution in [0, 0.1) is 0 Å². The average Bonchev–Trinajstić information content (AvgIpc) is 2.62. The lowest BCUT2D eigenvalue weighted by molar-refractivity contribution is -0.0498. The van der Waals surface area contributed by atoms with Gasteiger partial charge in [0, 0.05) is 11.8 Å². The maximum absolute atomic E-state index is 12.1. The maximum atomic E-state index is 12.1. The predicted molar refractivity (Wildman–Crippen MR) is 99.6 cm³/mol. The summed E-state index contributed by atoms with van der Waals surface area (Å²) in [6, 6.07) is 11.3. The van der Waals surface area contributed by atoms with Gasteiger partial charge >= 0.3 is 6.61 Å². The van der Waals surface area contributed by atoms with Crippen LogP contribution < -0.4 is 25.0 Å². The van der Waals surface area contributed by atoms with E-state index in [0.717, 1.165) is 0 Å². The van der Waals surface area contributed by atoms with E-state index in [9.17, 15) is 8.78 Å². The van der Waals surface area contributed by atoms with Gasteiger partial charge in [0.05, 0.1) is 20.4 Å². The summed E-state index contributed by atoms with van der Waals surface area (Å²) in [5.74, 6) is 1.25. The topological polar surface area (TPSA) is 64.1 Å². The fourth-order valence-corrected chi connectivity index (χ4v) is 2.14. The number of nitrogens with zero attached hydrogens (tertiary/aromatic N) is 1. The number of thiocarbonyl (C=S) groups is 1. The van der Waals surface area contributed by atoms with E-state index in [4.69, 9.17) is 21.7 Å². The van der Waals surface area contributed by atoms with Crippen molar-refractivity contribution < 1.29 is 23.0 Å². The van der Waals surface area contributed by atoms with E-state index >= 15 is 0 Å². The van der Waals surface area contributed by atoms with Crippen molar-refractivity contribution in [1.29, 1.82) is 0 Å². The average molecular weight is 381 g/mol. The van der Waals surface area contributed by atoms with Gasteiger partial charge in [-0.1, -0.05) is 0 Å². The van der Waals surface area contributed by atoms with Gasteiger partial charge in [0.25, 0.3) is 0 Å². The number of nitrogens with one attached hydrogen (secondary N) is 2. The van der Waals surface area contributed by atoms with E-state index in [-0.39, 0.29) is 10.9 Å². The second-order valence-electron chi connectivity index (χ2n) is 4.84. The molecule has 0 saturated carbocycles. The Bertz CT molecular complexity index is 770. The number of ether oxygens (including phenoxy) is 3. The molecular formula is C17H17F2N3O3S. The molecule has 6 nitrogen and oxygen atoms in total. The van der Waals surface area contributed by atoms with E-state index in [1.807, 2.05) is 0 Å². The first-order chi connectivity index (χ1) is 12.5. The predicted octanol–water partition coefficient (Wildman–Crippen LogP) is 3.63. The van der Waals surface area contributed by atoms with Gasteiger partial charge in [-0.05, 0) is 54.2 Å². The smallest absolute Gasteiger partial charge is 0.387 e. The van der Waals surface area contributed by atoms with Gasteiger partial charge < -0.3 is 19.5 Å². The third kappa shape index (κ3) is 5.85. The second kappa shape index (κ2) is 9.52. The van der Waals surface area contributed by atoms with Crippen molar-refractivity contribution in [3.63, 3.8) is 0 Å². The van der Waals surface area contributed by atoms with Crippen LogP contribution in [-0.4, -0.2) is 32.2 Å². The summed E-state index contributed by atoms with van der Waals surface area (Å²) in [6.45, 7) is -2.85. The Hall–Kier alpha value is -2.94. The van der Waals surface area contributed by atoms with E-state index < -0.39 is 6.61 Å². The van der Waals surface area contributed by atoms with Crippen molar-refractivity contribution in [1.82, 2.24) is 5.43 Å². The van der Waals surface area contributed by atoms with Crippen molar-refractivity contribution in [2.75, 3.05) is 19.5 Å². The van der Waals surface area contributed by atoms with Crippen LogP contribution in [0.5, 0.6) is 17.2 Å². The molecule has 2 N–H and O–H groups in total. The Kier molecular flexibility index (Phi) is 7.10. The zero-order valence-corrected chi connectivity index (χ0v) is 14.8. The number of hydrogen-bond acceptors (Lipinski definition) is 5. The van der Waals surface area contributed by atoms with Gasteiger partial charge in [-0.15, -0.1) is 0 Å². The molecule has 0 aromatic heterocycles. The third-order valence-corrected chi connectivity index (χ3v) is 3.32. The fraction of sp³-hybridized carbons (Fsp3) is 0.176. The Morgan fingerprint density at radius 3 is 2.38 bits per heavy atom. The summed E-state index contributed by atoms with van der Waals surface area (Å²) in [5.41, 5.74) is 4.04. The lowest BCUT2D eigenvalue weighted by Crippen LogP contribution is -2.23. The highest BCUT2D eigenvalue weighted by atomic mass is 32.1. The molecule has 0 radical (unpaired) electrons. The molecule has 0 aliphatic heterocycles. The highest BCUT2D eigenvalue weighted by Gasteiger charge is 2.05. The van der Waals surface area contributed by atoms with Crippen LogP contribution in [0.1, 0.15) is 5.56 Å². The summed E-state index contributed by atoms with van der Waals surface area (Å²) in [5, 5.41) is 7.20. The van der Waals surface area contributed by atoms with Gasteiger partial charge in [-0.2, -0.15) is 13.9 Å². The Labute approximate surface area is 154 Å². The normalized spacial score (nSPS) is 10.7. The van der Waals surface area contributed by atoms with Crippen LogP contribution >= 0.6 is 12.2 Å². The number of alkyl halides is 2. The van der Waals surface area contributed by atoms with Gasteiger partial charge in [0.15, 0.2) is 16.6 Å². The van der Waals surface area contributed by atoms with E-state index in [1.54, 1.807) is 44.6 Å². The monoisotopic (exact) mass is 381 g/mol. The van der Waals surface area contributed by atoms with Crippen LogP contribution in [-0.2, 0) is 0 Å². The largest absolute Gasteiger partial charge is 0.493 e. The molecule has 0 heterocycles. The molecule has 0 bridgehead atoms. The third-order valence-electron chi connectivity index (χ3n) is 3.13. The second-order valence-corrected chi connectivity index (χ2v) is 5.25. The summed E-state index contributed by atoms with van der Waals surface area (Å²) >= 11 is 5.15. The summed E-state index contributed by atoms with van der Waals surface area (Å²) < 4.78 is 38.8. The molecule has 0 spiro atoms. The molecule has 0 atom stereocenters. The van der Waals surface area contributed by atoms with Gasteiger partial charge in [-0.25, -0.2) is 0 Å². The zero-order chi connectivity index (χ0) is 18.9. The minimum Gasteiger partial charge on any atom is -0.493 e. The van der Waals surface area contributed by atoms with Crippen LogP contribution in [0.15, 0.2) is 47.6 Å². The minimum atomic E-state index is -2.85. The molecule has 0 saturated heterocycles. The number of benzene rings is 2. The molecule has 138 valence electrons. The Balaban J connectivity index is 1.89. The molecule has 2 aromatic carbocycles. The summed E-state index contributed by atoms with van der Waals surface area (Å²) in [4.78, 5) is 0. The molecule has 0 aliphatic carbocycles. The van der Waals surface area contributed by atoms with Crippen LogP contribution in [0.2, 0.25) is 0 Å². The van der Waals surface area contributed by atoms with Gasteiger partial charge in [-0.3, -0.25) is 5.43 Å². The van der Waals surface area contributed by atoms with Gasteiger partial charge in [0.1, 0.15) is 5.75 Å². The summed E-state index contributed by atoms with van der Waals surface area (Å²) in [7, 11) is 3.10. The van der Waals surface area contributed by atoms with Crippen LogP contribution in [0.25, 0.3) is 0 Å². The molecule has 26 heavy (non-hydrogen) atoms. The number of rotatable bonds is 7. The van der Waals surface area contributed by atoms with E-state index in [1.165, 1.54) is 18.3 Å². The Morgan fingerprint density at radius 2 is 1.77 bits per heavy atom. The first-order valence-corrected chi connectivity index (χ1v) is 7.79. The number of anilines is 1. The molecule has 2 aromatic rings. The van der Waals surface area contributed by atoms with Crippen molar-refractivity contribution in [3.05, 3.63) is 48.0 Å². The van der Waals surface area contributed by atoms with Crippen molar-refractivity contribution in [3.8, 4) is 17.2 Å². The van der Waals surface area contributed by atoms with Gasteiger partial charge in [0.2, 0.25) is 0 Å². The van der Waals surface area contributed by atoms with Crippen molar-refractivity contribution in [2.24, 2.45) is 5.10 Å². The molecule has 0 unspecified atom stereocenters. The SMILES string of the molecule is COc1ccc(NC(=S)NN=Cc2ccc(OC(F)F)cc2)cc1OC. The van der Waals surface area contributed by atoms with E-state index in [0.29, 0.717) is 22.7 Å².